The van der Waals surface area contributed by atoms with E-state index in [0.29, 0.717) is 29.0 Å². The number of methoxy groups -OCH3 is 1. The molecule has 0 radical (unpaired) electrons. The van der Waals surface area contributed by atoms with Crippen molar-refractivity contribution in [2.45, 2.75) is 32.9 Å². The SMILES string of the molecule is COc1ncc2c(N3C[C@@H](C)N[C@H](C)C3)ccc(C(=O)Nc3cc(F)c4nc(C)nn4c3)c2n1. The largest absolute Gasteiger partial charge is 0.467 e. The summed E-state index contributed by atoms with van der Waals surface area (Å²) >= 11 is 0. The summed E-state index contributed by atoms with van der Waals surface area (Å²) in [6.45, 7) is 7.57. The average Bonchev–Trinajstić information content (AvgIpc) is 3.18. The highest BCUT2D eigenvalue weighted by atomic mass is 19.1. The van der Waals surface area contributed by atoms with Gasteiger partial charge in [0.15, 0.2) is 11.5 Å². The molecule has 0 aliphatic carbocycles. The van der Waals surface area contributed by atoms with Crippen molar-refractivity contribution in [3.63, 3.8) is 0 Å². The second-order valence-corrected chi connectivity index (χ2v) is 8.58. The number of aromatic nitrogens is 5. The van der Waals surface area contributed by atoms with Gasteiger partial charge in [-0.2, -0.15) is 10.1 Å². The lowest BCUT2D eigenvalue weighted by atomic mass is 10.0. The molecule has 176 valence electrons. The van der Waals surface area contributed by atoms with Gasteiger partial charge in [0.05, 0.1) is 30.1 Å². The zero-order chi connectivity index (χ0) is 24.0. The third kappa shape index (κ3) is 3.98. The minimum atomic E-state index is -0.579. The van der Waals surface area contributed by atoms with E-state index in [1.165, 1.54) is 23.9 Å². The molecule has 1 aliphatic rings. The molecule has 1 aromatic carbocycles. The van der Waals surface area contributed by atoms with E-state index in [2.05, 4.69) is 49.4 Å². The van der Waals surface area contributed by atoms with E-state index in [0.717, 1.165) is 24.2 Å². The molecule has 1 amide bonds. The van der Waals surface area contributed by atoms with Crippen LogP contribution in [0.3, 0.4) is 0 Å². The summed E-state index contributed by atoms with van der Waals surface area (Å²) in [4.78, 5) is 28.3. The Kier molecular flexibility index (Phi) is 5.48. The first-order valence-electron chi connectivity index (χ1n) is 11.0. The summed E-state index contributed by atoms with van der Waals surface area (Å²) in [5.74, 6) is -0.580. The maximum Gasteiger partial charge on any atom is 0.316 e. The fraction of sp³-hybridized carbons (Fsp3) is 0.348. The third-order valence-corrected chi connectivity index (χ3v) is 5.78. The second-order valence-electron chi connectivity index (χ2n) is 8.58. The van der Waals surface area contributed by atoms with E-state index < -0.39 is 11.7 Å². The average molecular weight is 465 g/mol. The summed E-state index contributed by atoms with van der Waals surface area (Å²) in [6, 6.07) is 5.63. The summed E-state index contributed by atoms with van der Waals surface area (Å²) in [7, 11) is 1.47. The molecule has 2 N–H and O–H groups in total. The molecule has 1 saturated heterocycles. The number of carbonyl (C=O) groups is 1. The quantitative estimate of drug-likeness (QED) is 0.474. The zero-order valence-electron chi connectivity index (χ0n) is 19.3. The number of hydrogen-bond donors (Lipinski definition) is 2. The van der Waals surface area contributed by atoms with Crippen LogP contribution in [0.4, 0.5) is 15.8 Å². The molecule has 0 bridgehead atoms. The first kappa shape index (κ1) is 22.0. The molecular formula is C23H25FN8O2. The number of amides is 1. The number of rotatable bonds is 4. The van der Waals surface area contributed by atoms with Crippen LogP contribution in [-0.4, -0.2) is 62.8 Å². The molecule has 0 saturated carbocycles. The number of benzene rings is 1. The molecular weight excluding hydrogens is 439 g/mol. The summed E-state index contributed by atoms with van der Waals surface area (Å²) in [6.07, 6.45) is 3.19. The van der Waals surface area contributed by atoms with Gasteiger partial charge in [-0.25, -0.2) is 18.9 Å². The van der Waals surface area contributed by atoms with Crippen molar-refractivity contribution in [1.29, 1.82) is 0 Å². The van der Waals surface area contributed by atoms with E-state index in [1.807, 2.05) is 6.07 Å². The van der Waals surface area contributed by atoms with Gasteiger partial charge < -0.3 is 20.3 Å². The fourth-order valence-corrected chi connectivity index (χ4v) is 4.49. The van der Waals surface area contributed by atoms with Crippen molar-refractivity contribution in [2.24, 2.45) is 0 Å². The lowest BCUT2D eigenvalue weighted by Crippen LogP contribution is -2.54. The lowest BCUT2D eigenvalue weighted by molar-refractivity contribution is 0.102. The number of halogens is 1. The highest BCUT2D eigenvalue weighted by Gasteiger charge is 2.25. The van der Waals surface area contributed by atoms with Crippen LogP contribution < -0.4 is 20.3 Å². The van der Waals surface area contributed by atoms with Crippen LogP contribution in [0.2, 0.25) is 0 Å². The van der Waals surface area contributed by atoms with Crippen molar-refractivity contribution in [3.8, 4) is 6.01 Å². The van der Waals surface area contributed by atoms with E-state index in [4.69, 9.17) is 4.74 Å². The zero-order valence-corrected chi connectivity index (χ0v) is 19.3. The molecule has 10 nitrogen and oxygen atoms in total. The Balaban J connectivity index is 1.54. The smallest absolute Gasteiger partial charge is 0.316 e. The van der Waals surface area contributed by atoms with Gasteiger partial charge >= 0.3 is 6.01 Å². The molecule has 11 heteroatoms. The Morgan fingerprint density at radius 2 is 2.00 bits per heavy atom. The van der Waals surface area contributed by atoms with Gasteiger partial charge in [0.2, 0.25) is 0 Å². The number of aryl methyl sites for hydroxylation is 1. The van der Waals surface area contributed by atoms with Gasteiger partial charge in [0, 0.05) is 48.5 Å². The van der Waals surface area contributed by atoms with Crippen molar-refractivity contribution in [1.82, 2.24) is 29.9 Å². The molecule has 1 aliphatic heterocycles. The van der Waals surface area contributed by atoms with E-state index >= 15 is 0 Å². The first-order chi connectivity index (χ1) is 16.3. The predicted molar refractivity (Wildman–Crippen MR) is 126 cm³/mol. The molecule has 1 fully saturated rings. The molecule has 0 spiro atoms. The van der Waals surface area contributed by atoms with Crippen LogP contribution in [-0.2, 0) is 0 Å². The van der Waals surface area contributed by atoms with Gasteiger partial charge in [-0.3, -0.25) is 4.79 Å². The fourth-order valence-electron chi connectivity index (χ4n) is 4.49. The Labute approximate surface area is 195 Å². The summed E-state index contributed by atoms with van der Waals surface area (Å²) < 4.78 is 21.0. The number of ether oxygens (including phenoxy) is 1. The minimum absolute atomic E-state index is 0.0993. The highest BCUT2D eigenvalue weighted by Crippen LogP contribution is 2.31. The normalized spacial score (nSPS) is 18.4. The Bertz CT molecular complexity index is 1400. The van der Waals surface area contributed by atoms with E-state index in [-0.39, 0.29) is 17.3 Å². The van der Waals surface area contributed by atoms with Crippen LogP contribution in [0.25, 0.3) is 16.6 Å². The maximum atomic E-state index is 14.5. The van der Waals surface area contributed by atoms with Crippen molar-refractivity contribution < 1.29 is 13.9 Å². The molecule has 5 rings (SSSR count). The summed E-state index contributed by atoms with van der Waals surface area (Å²) in [5.41, 5.74) is 2.08. The van der Waals surface area contributed by atoms with Crippen molar-refractivity contribution in [3.05, 3.63) is 47.8 Å². The molecule has 3 aromatic heterocycles. The number of hydrogen-bond acceptors (Lipinski definition) is 8. The number of nitrogens with zero attached hydrogens (tertiary/aromatic N) is 6. The molecule has 0 unspecified atom stereocenters. The van der Waals surface area contributed by atoms with Crippen LogP contribution in [0, 0.1) is 12.7 Å². The first-order valence-corrected chi connectivity index (χ1v) is 11.0. The van der Waals surface area contributed by atoms with Gasteiger partial charge in [-0.1, -0.05) is 0 Å². The number of pyridine rings is 1. The van der Waals surface area contributed by atoms with Crippen LogP contribution in [0.15, 0.2) is 30.6 Å². The topological polar surface area (TPSA) is 110 Å². The number of piperazine rings is 1. The van der Waals surface area contributed by atoms with Gasteiger partial charge in [-0.05, 0) is 32.9 Å². The number of anilines is 2. The van der Waals surface area contributed by atoms with Gasteiger partial charge in [0.25, 0.3) is 5.91 Å². The number of fused-ring (bicyclic) bond motifs is 2. The highest BCUT2D eigenvalue weighted by molar-refractivity contribution is 6.13. The molecule has 2 atom stereocenters. The van der Waals surface area contributed by atoms with Crippen LogP contribution in [0.1, 0.15) is 30.0 Å². The number of carbonyl (C=O) groups excluding carboxylic acids is 1. The van der Waals surface area contributed by atoms with E-state index in [9.17, 15) is 9.18 Å². The summed E-state index contributed by atoms with van der Waals surface area (Å²) in [5, 5.41) is 11.1. The molecule has 4 heterocycles. The lowest BCUT2D eigenvalue weighted by Gasteiger charge is -2.38. The predicted octanol–water partition coefficient (Wildman–Crippen LogP) is 2.57. The van der Waals surface area contributed by atoms with Crippen molar-refractivity contribution >= 4 is 33.8 Å². The van der Waals surface area contributed by atoms with Crippen molar-refractivity contribution in [2.75, 3.05) is 30.4 Å². The van der Waals surface area contributed by atoms with Gasteiger partial charge in [0.1, 0.15) is 5.82 Å². The molecule has 4 aromatic rings. The molecule has 34 heavy (non-hydrogen) atoms. The standard InChI is InChI=1S/C23H25FN8O2/c1-12-9-31(10-13(2)26-12)19-6-5-16(20-17(19)8-25-23(29-20)34-4)22(33)28-15-7-18(24)21-27-14(3)30-32(21)11-15/h5-8,11-13,26H,9-10H2,1-4H3,(H,28,33)/t12-,13-/m1/s1. The second kappa shape index (κ2) is 8.49. The number of nitrogens with one attached hydrogen (secondary N) is 2. The third-order valence-electron chi connectivity index (χ3n) is 5.78. The Morgan fingerprint density at radius 1 is 1.24 bits per heavy atom. The monoisotopic (exact) mass is 464 g/mol. The maximum absolute atomic E-state index is 14.5. The van der Waals surface area contributed by atoms with Gasteiger partial charge in [-0.15, -0.1) is 0 Å². The minimum Gasteiger partial charge on any atom is -0.467 e. The van der Waals surface area contributed by atoms with E-state index in [1.54, 1.807) is 19.2 Å². The Morgan fingerprint density at radius 3 is 2.74 bits per heavy atom. The van der Waals surface area contributed by atoms with Crippen LogP contribution in [0.5, 0.6) is 6.01 Å². The Hall–Kier alpha value is -3.86. The van der Waals surface area contributed by atoms with Crippen LogP contribution >= 0.6 is 0 Å².